The zero-order chi connectivity index (χ0) is 12.6. The normalized spacial score (nSPS) is 11.8. The number of nitrogens with zero attached hydrogens (tertiary/aromatic N) is 1. The summed E-state index contributed by atoms with van der Waals surface area (Å²) >= 11 is 0. The molecule has 2 nitrogen and oxygen atoms in total. The molecular formula is C10H5F5N2. The average molecular weight is 248 g/mol. The lowest BCUT2D eigenvalue weighted by atomic mass is 10.1. The van der Waals surface area contributed by atoms with Gasteiger partial charge in [0.2, 0.25) is 0 Å². The van der Waals surface area contributed by atoms with Crippen molar-refractivity contribution in [1.29, 1.82) is 0 Å². The third-order valence-electron chi connectivity index (χ3n) is 2.09. The second kappa shape index (κ2) is 3.83. The van der Waals surface area contributed by atoms with Crippen molar-refractivity contribution in [2.45, 2.75) is 6.18 Å². The number of nitrogens with one attached hydrogen (secondary N) is 1. The van der Waals surface area contributed by atoms with E-state index in [2.05, 4.69) is 5.10 Å². The Morgan fingerprint density at radius 3 is 2.35 bits per heavy atom. The topological polar surface area (TPSA) is 28.7 Å². The molecule has 17 heavy (non-hydrogen) atoms. The Hall–Kier alpha value is -1.92. The van der Waals surface area contributed by atoms with Gasteiger partial charge in [-0.1, -0.05) is 0 Å². The lowest BCUT2D eigenvalue weighted by Crippen LogP contribution is -2.04. The number of benzene rings is 1. The molecule has 1 aromatic carbocycles. The Kier molecular flexibility index (Phi) is 2.60. The van der Waals surface area contributed by atoms with Crippen molar-refractivity contribution in [2.75, 3.05) is 0 Å². The molecule has 0 saturated carbocycles. The van der Waals surface area contributed by atoms with Crippen LogP contribution in [0.4, 0.5) is 22.0 Å². The maximum atomic E-state index is 13.3. The summed E-state index contributed by atoms with van der Waals surface area (Å²) in [5, 5.41) is 5.03. The van der Waals surface area contributed by atoms with Crippen LogP contribution in [0.1, 0.15) is 5.69 Å². The van der Waals surface area contributed by atoms with E-state index in [9.17, 15) is 22.0 Å². The van der Waals surface area contributed by atoms with Crippen LogP contribution in [-0.4, -0.2) is 10.2 Å². The van der Waals surface area contributed by atoms with Gasteiger partial charge in [0.1, 0.15) is 17.3 Å². The van der Waals surface area contributed by atoms with E-state index >= 15 is 0 Å². The van der Waals surface area contributed by atoms with Gasteiger partial charge in [-0.15, -0.1) is 0 Å². The molecule has 0 saturated heterocycles. The van der Waals surface area contributed by atoms with Crippen LogP contribution in [0.15, 0.2) is 24.3 Å². The molecule has 2 rings (SSSR count). The van der Waals surface area contributed by atoms with Gasteiger partial charge < -0.3 is 0 Å². The number of alkyl halides is 3. The van der Waals surface area contributed by atoms with Crippen molar-refractivity contribution in [3.05, 3.63) is 41.6 Å². The predicted octanol–water partition coefficient (Wildman–Crippen LogP) is 3.37. The first kappa shape index (κ1) is 11.6. The first-order chi connectivity index (χ1) is 7.88. The zero-order valence-electron chi connectivity index (χ0n) is 8.15. The number of aromatic amines is 1. The number of H-pyrrole nitrogens is 1. The van der Waals surface area contributed by atoms with Gasteiger partial charge in [0.25, 0.3) is 0 Å². The fraction of sp³-hybridized carbons (Fsp3) is 0.100. The van der Waals surface area contributed by atoms with E-state index in [0.29, 0.717) is 6.07 Å². The number of aromatic nitrogens is 2. The summed E-state index contributed by atoms with van der Waals surface area (Å²) < 4.78 is 62.9. The van der Waals surface area contributed by atoms with E-state index in [4.69, 9.17) is 0 Å². The highest BCUT2D eigenvalue weighted by molar-refractivity contribution is 5.60. The molecule has 1 aromatic heterocycles. The van der Waals surface area contributed by atoms with Gasteiger partial charge in [0.05, 0.1) is 5.69 Å². The Morgan fingerprint density at radius 1 is 1.06 bits per heavy atom. The fourth-order valence-electron chi connectivity index (χ4n) is 1.30. The van der Waals surface area contributed by atoms with Crippen LogP contribution in [0.3, 0.4) is 0 Å². The largest absolute Gasteiger partial charge is 0.432 e. The molecule has 0 aliphatic heterocycles. The Bertz CT molecular complexity index is 544. The highest BCUT2D eigenvalue weighted by Gasteiger charge is 2.33. The second-order valence-electron chi connectivity index (χ2n) is 3.29. The molecule has 0 unspecified atom stereocenters. The molecule has 0 fully saturated rings. The van der Waals surface area contributed by atoms with Gasteiger partial charge >= 0.3 is 6.18 Å². The average Bonchev–Trinajstić information content (AvgIpc) is 2.70. The monoisotopic (exact) mass is 248 g/mol. The molecule has 0 radical (unpaired) electrons. The third kappa shape index (κ3) is 2.27. The standard InChI is InChI=1S/C10H5F5N2/c11-5-1-2-7(12)6(3-5)8-4-9(17-16-8)10(13,14)15/h1-4H,(H,16,17). The van der Waals surface area contributed by atoms with Crippen LogP contribution in [0.2, 0.25) is 0 Å². The summed E-state index contributed by atoms with van der Waals surface area (Å²) in [4.78, 5) is 0. The SMILES string of the molecule is Fc1ccc(F)c(-c2cc(C(F)(F)F)[nH]n2)c1. The zero-order valence-corrected chi connectivity index (χ0v) is 8.15. The van der Waals surface area contributed by atoms with E-state index in [1.165, 1.54) is 0 Å². The first-order valence-electron chi connectivity index (χ1n) is 4.46. The molecule has 0 bridgehead atoms. The van der Waals surface area contributed by atoms with E-state index < -0.39 is 23.5 Å². The van der Waals surface area contributed by atoms with Crippen molar-refractivity contribution in [3.63, 3.8) is 0 Å². The lowest BCUT2D eigenvalue weighted by Gasteiger charge is -2.00. The number of rotatable bonds is 1. The Morgan fingerprint density at radius 2 is 1.76 bits per heavy atom. The van der Waals surface area contributed by atoms with Gasteiger partial charge in [-0.25, -0.2) is 8.78 Å². The van der Waals surface area contributed by atoms with Crippen LogP contribution >= 0.6 is 0 Å². The van der Waals surface area contributed by atoms with Crippen LogP contribution in [-0.2, 0) is 6.18 Å². The molecule has 0 atom stereocenters. The maximum Gasteiger partial charge on any atom is 0.432 e. The van der Waals surface area contributed by atoms with Crippen molar-refractivity contribution in [2.24, 2.45) is 0 Å². The number of hydrogen-bond acceptors (Lipinski definition) is 1. The van der Waals surface area contributed by atoms with Gasteiger partial charge in [0.15, 0.2) is 0 Å². The third-order valence-corrected chi connectivity index (χ3v) is 2.09. The maximum absolute atomic E-state index is 13.3. The minimum absolute atomic E-state index is 0.297. The highest BCUT2D eigenvalue weighted by atomic mass is 19.4. The van der Waals surface area contributed by atoms with E-state index in [-0.39, 0.29) is 11.3 Å². The smallest absolute Gasteiger partial charge is 0.273 e. The van der Waals surface area contributed by atoms with Crippen molar-refractivity contribution >= 4 is 0 Å². The van der Waals surface area contributed by atoms with Crippen molar-refractivity contribution in [3.8, 4) is 11.3 Å². The summed E-state index contributed by atoms with van der Waals surface area (Å²) in [6, 6.07) is 3.10. The summed E-state index contributed by atoms with van der Waals surface area (Å²) in [7, 11) is 0. The molecule has 1 N–H and O–H groups in total. The Balaban J connectivity index is 2.47. The van der Waals surface area contributed by atoms with E-state index in [1.807, 2.05) is 0 Å². The van der Waals surface area contributed by atoms with Crippen LogP contribution in [0.5, 0.6) is 0 Å². The van der Waals surface area contributed by atoms with Crippen molar-refractivity contribution in [1.82, 2.24) is 10.2 Å². The quantitative estimate of drug-likeness (QED) is 0.770. The predicted molar refractivity (Wildman–Crippen MR) is 48.9 cm³/mol. The molecule has 0 aliphatic rings. The minimum Gasteiger partial charge on any atom is -0.273 e. The molecular weight excluding hydrogens is 243 g/mol. The van der Waals surface area contributed by atoms with E-state index in [1.54, 1.807) is 5.10 Å². The van der Waals surface area contributed by atoms with Gasteiger partial charge in [-0.2, -0.15) is 18.3 Å². The number of hydrogen-bond donors (Lipinski definition) is 1. The summed E-state index contributed by atoms with van der Waals surface area (Å²) in [5.74, 6) is -1.59. The Labute approximate surface area is 92.1 Å². The molecule has 90 valence electrons. The molecule has 2 aromatic rings. The van der Waals surface area contributed by atoms with Crippen LogP contribution in [0, 0.1) is 11.6 Å². The first-order valence-corrected chi connectivity index (χ1v) is 4.46. The summed E-state index contributed by atoms with van der Waals surface area (Å²) in [6.45, 7) is 0. The van der Waals surface area contributed by atoms with Gasteiger partial charge in [-0.05, 0) is 24.3 Å². The molecule has 7 heteroatoms. The summed E-state index contributed by atoms with van der Waals surface area (Å²) in [5.41, 5.74) is -1.73. The molecule has 1 heterocycles. The van der Waals surface area contributed by atoms with Gasteiger partial charge in [-0.3, -0.25) is 5.10 Å². The van der Waals surface area contributed by atoms with Gasteiger partial charge in [0, 0.05) is 5.56 Å². The number of halogens is 5. The summed E-state index contributed by atoms with van der Waals surface area (Å²) in [6.07, 6.45) is -4.60. The highest BCUT2D eigenvalue weighted by Crippen LogP contribution is 2.31. The molecule has 0 aliphatic carbocycles. The lowest BCUT2D eigenvalue weighted by molar-refractivity contribution is -0.141. The molecule has 0 amide bonds. The molecule has 0 spiro atoms. The fourth-order valence-corrected chi connectivity index (χ4v) is 1.30. The minimum atomic E-state index is -4.60. The van der Waals surface area contributed by atoms with Crippen LogP contribution < -0.4 is 0 Å². The van der Waals surface area contributed by atoms with Crippen molar-refractivity contribution < 1.29 is 22.0 Å². The second-order valence-corrected chi connectivity index (χ2v) is 3.29. The van der Waals surface area contributed by atoms with E-state index in [0.717, 1.165) is 18.2 Å². The van der Waals surface area contributed by atoms with Crippen LogP contribution in [0.25, 0.3) is 11.3 Å².